The Labute approximate surface area is 209 Å². The molecular formula is C21H44O9Si4. The Balaban J connectivity index is 5.39. The molecule has 0 aliphatic carbocycles. The summed E-state index contributed by atoms with van der Waals surface area (Å²) in [5, 5.41) is 27.3. The van der Waals surface area contributed by atoms with Gasteiger partial charge >= 0.3 is 35.0 Å². The molecule has 3 unspecified atom stereocenters. The lowest BCUT2D eigenvalue weighted by atomic mass is 10.0. The average Bonchev–Trinajstić information content (AvgIpc) is 2.56. The van der Waals surface area contributed by atoms with Gasteiger partial charge in [-0.2, -0.15) is 0 Å². The van der Waals surface area contributed by atoms with Gasteiger partial charge < -0.3 is 27.7 Å². The molecule has 0 aromatic heterocycles. The van der Waals surface area contributed by atoms with E-state index in [-0.39, 0.29) is 6.42 Å². The van der Waals surface area contributed by atoms with Crippen LogP contribution in [0.4, 0.5) is 0 Å². The molecule has 2 radical (unpaired) electrons. The first-order chi connectivity index (χ1) is 15.2. The monoisotopic (exact) mass is 552 g/mol. The maximum atomic E-state index is 11.4. The number of carbonyl (C=O) groups is 3. The first-order valence-corrected chi connectivity index (χ1v) is 23.6. The van der Waals surface area contributed by atoms with E-state index in [0.29, 0.717) is 31.4 Å². The van der Waals surface area contributed by atoms with E-state index in [2.05, 4.69) is 19.6 Å². The van der Waals surface area contributed by atoms with Crippen molar-refractivity contribution in [2.45, 2.75) is 96.6 Å². The quantitative estimate of drug-likeness (QED) is 0.200. The van der Waals surface area contributed by atoms with Gasteiger partial charge in [-0.1, -0.05) is 12.8 Å². The third-order valence-electron chi connectivity index (χ3n) is 5.07. The lowest BCUT2D eigenvalue weighted by Gasteiger charge is -2.42. The van der Waals surface area contributed by atoms with Gasteiger partial charge in [-0.15, -0.1) is 0 Å². The van der Waals surface area contributed by atoms with E-state index >= 15 is 0 Å². The Morgan fingerprint density at radius 1 is 0.765 bits per heavy atom. The number of hydrogen-bond acceptors (Lipinski definition) is 6. The van der Waals surface area contributed by atoms with Crippen molar-refractivity contribution in [1.29, 1.82) is 0 Å². The predicted octanol–water partition coefficient (Wildman–Crippen LogP) is 5.00. The summed E-state index contributed by atoms with van der Waals surface area (Å²) >= 11 is 0. The van der Waals surface area contributed by atoms with Crippen LogP contribution >= 0.6 is 0 Å². The van der Waals surface area contributed by atoms with E-state index in [9.17, 15) is 19.5 Å². The number of carboxylic acid groups (broad SMARTS) is 3. The van der Waals surface area contributed by atoms with Crippen molar-refractivity contribution in [3.05, 3.63) is 6.92 Å². The van der Waals surface area contributed by atoms with Gasteiger partial charge in [0.2, 0.25) is 0 Å². The fourth-order valence-electron chi connectivity index (χ4n) is 4.10. The predicted molar refractivity (Wildman–Crippen MR) is 140 cm³/mol. The first kappa shape index (κ1) is 33.2. The van der Waals surface area contributed by atoms with Crippen molar-refractivity contribution >= 4 is 51.7 Å². The molecule has 0 fully saturated rings. The molecule has 0 rings (SSSR count). The second-order valence-electron chi connectivity index (χ2n) is 11.1. The van der Waals surface area contributed by atoms with Gasteiger partial charge in [-0.25, -0.2) is 0 Å². The van der Waals surface area contributed by atoms with E-state index in [1.54, 1.807) is 0 Å². The van der Waals surface area contributed by atoms with Crippen molar-refractivity contribution < 1.29 is 42.0 Å². The molecule has 0 aliphatic heterocycles. The fraction of sp³-hybridized carbons (Fsp3) is 0.810. The van der Waals surface area contributed by atoms with Crippen LogP contribution in [-0.4, -0.2) is 67.0 Å². The molecular weight excluding hydrogens is 509 g/mol. The number of carboxylic acids is 3. The molecule has 0 aromatic rings. The van der Waals surface area contributed by atoms with Crippen molar-refractivity contribution in [2.75, 3.05) is 0 Å². The average molecular weight is 553 g/mol. The van der Waals surface area contributed by atoms with Crippen LogP contribution in [0.3, 0.4) is 0 Å². The van der Waals surface area contributed by atoms with E-state index in [0.717, 1.165) is 0 Å². The SMILES string of the molecule is [CH]C(CCC[Si](C)(O[Si](C)(C)CCCC(CC(=O)O)C(=O)O)O[Si](C)(C)O[Si](C)(C)C)C(=O)O. The van der Waals surface area contributed by atoms with Gasteiger partial charge in [-0.3, -0.25) is 14.4 Å². The summed E-state index contributed by atoms with van der Waals surface area (Å²) < 4.78 is 19.7. The van der Waals surface area contributed by atoms with Gasteiger partial charge in [0.1, 0.15) is 0 Å². The van der Waals surface area contributed by atoms with Crippen LogP contribution in [-0.2, 0) is 26.7 Å². The molecule has 0 bridgehead atoms. The maximum absolute atomic E-state index is 11.4. The molecule has 0 aliphatic rings. The molecule has 0 saturated carbocycles. The van der Waals surface area contributed by atoms with Crippen LogP contribution in [0.15, 0.2) is 0 Å². The maximum Gasteiger partial charge on any atom is 0.315 e. The summed E-state index contributed by atoms with van der Waals surface area (Å²) in [6.07, 6.45) is 1.29. The lowest BCUT2D eigenvalue weighted by molar-refractivity contribution is -0.148. The van der Waals surface area contributed by atoms with Gasteiger partial charge in [0, 0.05) is 0 Å². The zero-order valence-corrected chi connectivity index (χ0v) is 26.0. The van der Waals surface area contributed by atoms with Crippen molar-refractivity contribution in [1.82, 2.24) is 0 Å². The summed E-state index contributed by atoms with van der Waals surface area (Å²) in [6.45, 7) is 22.1. The van der Waals surface area contributed by atoms with Crippen molar-refractivity contribution in [3.63, 3.8) is 0 Å². The minimum absolute atomic E-state index is 0.271. The highest BCUT2D eigenvalue weighted by Gasteiger charge is 2.45. The topological polar surface area (TPSA) is 140 Å². The van der Waals surface area contributed by atoms with Gasteiger partial charge in [0.05, 0.1) is 18.3 Å². The van der Waals surface area contributed by atoms with Crippen LogP contribution < -0.4 is 0 Å². The summed E-state index contributed by atoms with van der Waals surface area (Å²) in [5.74, 6) is -5.12. The van der Waals surface area contributed by atoms with Gasteiger partial charge in [0.15, 0.2) is 16.6 Å². The molecule has 0 saturated heterocycles. The van der Waals surface area contributed by atoms with Crippen LogP contribution in [0.2, 0.25) is 64.5 Å². The summed E-state index contributed by atoms with van der Waals surface area (Å²) in [6, 6.07) is 1.24. The Kier molecular flexibility index (Phi) is 13.1. The van der Waals surface area contributed by atoms with Crippen LogP contribution in [0.25, 0.3) is 0 Å². The van der Waals surface area contributed by atoms with E-state index in [1.807, 2.05) is 32.7 Å². The molecule has 3 atom stereocenters. The highest BCUT2D eigenvalue weighted by Crippen LogP contribution is 2.31. The molecule has 0 spiro atoms. The highest BCUT2D eigenvalue weighted by molar-refractivity contribution is 6.89. The standard InChI is InChI=1S/C21H44O9Si4/c1-17(20(24)25)12-10-15-34(9,30-33(7,8)28-31(2,3)4)29-32(5,6)14-11-13-18(21(26)27)16-19(22)23/h1,17-18H,10-16H2,2-9H3,(H,22,23)(H,24,25)(H,26,27). The van der Waals surface area contributed by atoms with Crippen molar-refractivity contribution in [2.24, 2.45) is 11.8 Å². The zero-order valence-electron chi connectivity index (χ0n) is 22.0. The minimum Gasteiger partial charge on any atom is -0.481 e. The van der Waals surface area contributed by atoms with Gasteiger partial charge in [0.25, 0.3) is 0 Å². The molecule has 13 heteroatoms. The number of hydrogen-bond donors (Lipinski definition) is 3. The van der Waals surface area contributed by atoms with Crippen LogP contribution in [0.5, 0.6) is 0 Å². The molecule has 0 amide bonds. The third kappa shape index (κ3) is 15.2. The molecule has 9 nitrogen and oxygen atoms in total. The number of rotatable bonds is 18. The second kappa shape index (κ2) is 13.5. The second-order valence-corrected chi connectivity index (χ2v) is 27.3. The lowest BCUT2D eigenvalue weighted by Crippen LogP contribution is -2.57. The Morgan fingerprint density at radius 3 is 1.74 bits per heavy atom. The third-order valence-corrected chi connectivity index (χ3v) is 19.9. The fourth-order valence-corrected chi connectivity index (χ4v) is 23.0. The smallest absolute Gasteiger partial charge is 0.315 e. The largest absolute Gasteiger partial charge is 0.481 e. The molecule has 34 heavy (non-hydrogen) atoms. The zero-order chi connectivity index (χ0) is 27.0. The first-order valence-electron chi connectivity index (χ1n) is 11.7. The number of aliphatic carboxylic acids is 3. The minimum atomic E-state index is -2.79. The summed E-state index contributed by atoms with van der Waals surface area (Å²) in [5.41, 5.74) is 0. The highest BCUT2D eigenvalue weighted by atomic mass is 28.5. The summed E-state index contributed by atoms with van der Waals surface area (Å²) in [4.78, 5) is 33.4. The molecule has 0 aromatic carbocycles. The van der Waals surface area contributed by atoms with E-state index < -0.39 is 69.9 Å². The Hall–Kier alpha value is -0.842. The van der Waals surface area contributed by atoms with Crippen molar-refractivity contribution in [3.8, 4) is 0 Å². The van der Waals surface area contributed by atoms with Crippen LogP contribution in [0, 0.1) is 18.8 Å². The summed E-state index contributed by atoms with van der Waals surface area (Å²) in [7, 11) is -9.48. The van der Waals surface area contributed by atoms with Gasteiger partial charge in [-0.05, 0) is 84.2 Å². The van der Waals surface area contributed by atoms with E-state index in [1.165, 1.54) is 0 Å². The van der Waals surface area contributed by atoms with Crippen LogP contribution in [0.1, 0.15) is 32.1 Å². The Morgan fingerprint density at radius 2 is 1.29 bits per heavy atom. The Bertz CT molecular complexity index is 694. The van der Waals surface area contributed by atoms with E-state index in [4.69, 9.17) is 29.5 Å². The molecule has 3 N–H and O–H groups in total. The molecule has 0 heterocycles. The molecule has 198 valence electrons. The normalized spacial score (nSPS) is 16.5.